The first-order valence-electron chi connectivity index (χ1n) is 8.17. The van der Waals surface area contributed by atoms with Gasteiger partial charge in [-0.05, 0) is 24.0 Å². The van der Waals surface area contributed by atoms with E-state index >= 15 is 0 Å². The van der Waals surface area contributed by atoms with Crippen molar-refractivity contribution >= 4 is 16.9 Å². The molecule has 2 unspecified atom stereocenters. The van der Waals surface area contributed by atoms with Crippen LogP contribution in [-0.4, -0.2) is 33.8 Å². The van der Waals surface area contributed by atoms with Gasteiger partial charge in [0, 0.05) is 5.75 Å². The second kappa shape index (κ2) is 11.3. The van der Waals surface area contributed by atoms with Crippen LogP contribution in [0.25, 0.3) is 0 Å². The molecule has 0 radical (unpaired) electrons. The highest BCUT2D eigenvalue weighted by Gasteiger charge is 2.21. The van der Waals surface area contributed by atoms with Crippen molar-refractivity contribution in [3.63, 3.8) is 0 Å². The van der Waals surface area contributed by atoms with Crippen LogP contribution in [0.15, 0.2) is 24.3 Å². The number of nitrogens with zero attached hydrogens (tertiary/aromatic N) is 2. The van der Waals surface area contributed by atoms with Gasteiger partial charge in [-0.2, -0.15) is 0 Å². The van der Waals surface area contributed by atoms with Crippen molar-refractivity contribution in [2.75, 3.05) is 12.4 Å². The van der Waals surface area contributed by atoms with Gasteiger partial charge in [-0.15, -0.1) is 20.2 Å². The molecule has 0 bridgehead atoms. The smallest absolute Gasteiger partial charge is 0.294 e. The summed E-state index contributed by atoms with van der Waals surface area (Å²) in [6, 6.07) is 7.77. The number of carbonyl (C=O) groups excluding carboxylic acids is 1. The molecule has 0 aliphatic carbocycles. The summed E-state index contributed by atoms with van der Waals surface area (Å²) in [5.41, 5.74) is 2.05. The molecular weight excluding hydrogens is 364 g/mol. The predicted octanol–water partition coefficient (Wildman–Crippen LogP) is 3.18. The third kappa shape index (κ3) is 8.15. The fraction of sp³-hybridized carbons (Fsp3) is 0.562. The van der Waals surface area contributed by atoms with E-state index < -0.39 is 28.8 Å². The van der Waals surface area contributed by atoms with Crippen LogP contribution in [0.5, 0.6) is 0 Å². The molecule has 9 nitrogen and oxygen atoms in total. The van der Waals surface area contributed by atoms with Gasteiger partial charge in [0.25, 0.3) is 10.2 Å². The van der Waals surface area contributed by atoms with Crippen LogP contribution < -0.4 is 0 Å². The third-order valence-electron chi connectivity index (χ3n) is 3.66. The summed E-state index contributed by atoms with van der Waals surface area (Å²) in [6.45, 7) is 3.25. The van der Waals surface area contributed by atoms with Gasteiger partial charge in [0.05, 0.1) is 5.92 Å². The van der Waals surface area contributed by atoms with Crippen LogP contribution in [0.1, 0.15) is 43.7 Å². The van der Waals surface area contributed by atoms with Crippen molar-refractivity contribution in [2.45, 2.75) is 45.1 Å². The Morgan fingerprint density at radius 3 is 2.38 bits per heavy atom. The number of carbonyl (C=O) groups is 1. The molecule has 0 fully saturated rings. The lowest BCUT2D eigenvalue weighted by atomic mass is 9.99. The Morgan fingerprint density at radius 2 is 1.85 bits per heavy atom. The van der Waals surface area contributed by atoms with Gasteiger partial charge in [-0.25, -0.2) is 0 Å². The normalized spacial score (nSPS) is 12.8. The van der Waals surface area contributed by atoms with Crippen LogP contribution in [0.4, 0.5) is 0 Å². The number of aryl methyl sites for hydroxylation is 1. The molecule has 0 aromatic heterocycles. The highest BCUT2D eigenvalue weighted by Crippen LogP contribution is 2.24. The highest BCUT2D eigenvalue weighted by atomic mass is 32.2. The van der Waals surface area contributed by atoms with Gasteiger partial charge < -0.3 is 9.68 Å². The number of benzene rings is 1. The fourth-order valence-electron chi connectivity index (χ4n) is 2.16. The summed E-state index contributed by atoms with van der Waals surface area (Å²) in [7, 11) is 0. The van der Waals surface area contributed by atoms with E-state index in [1.54, 1.807) is 6.92 Å². The lowest BCUT2D eigenvalue weighted by molar-refractivity contribution is -0.788. The number of rotatable bonds is 12. The molecule has 0 saturated heterocycles. The number of hydrogen-bond donors (Lipinski definition) is 0. The summed E-state index contributed by atoms with van der Waals surface area (Å²) in [6.07, 6.45) is 2.01. The van der Waals surface area contributed by atoms with E-state index in [1.165, 1.54) is 5.56 Å². The van der Waals surface area contributed by atoms with E-state index in [2.05, 4.69) is 16.6 Å². The van der Waals surface area contributed by atoms with Crippen LogP contribution in [-0.2, 0) is 20.9 Å². The maximum atomic E-state index is 12.3. The molecule has 0 saturated carbocycles. The minimum absolute atomic E-state index is 0.118. The molecule has 10 heteroatoms. The van der Waals surface area contributed by atoms with Crippen LogP contribution in [0.2, 0.25) is 0 Å². The minimum atomic E-state index is -1.20. The largest absolute Gasteiger partial charge is 0.312 e. The van der Waals surface area contributed by atoms with Gasteiger partial charge >= 0.3 is 0 Å². The number of thioether (sulfide) groups is 1. The van der Waals surface area contributed by atoms with E-state index in [1.807, 2.05) is 24.3 Å². The van der Waals surface area contributed by atoms with E-state index in [9.17, 15) is 25.0 Å². The second-order valence-corrected chi connectivity index (χ2v) is 6.69. The summed E-state index contributed by atoms with van der Waals surface area (Å²) < 4.78 is 0. The average molecular weight is 386 g/mol. The summed E-state index contributed by atoms with van der Waals surface area (Å²) in [5, 5.41) is 18.3. The van der Waals surface area contributed by atoms with Crippen molar-refractivity contribution in [1.29, 1.82) is 0 Å². The summed E-state index contributed by atoms with van der Waals surface area (Å²) >= 11 is 0.828. The molecule has 0 aliphatic rings. The quantitative estimate of drug-likeness (QED) is 0.396. The summed E-state index contributed by atoms with van der Waals surface area (Å²) in [5.74, 6) is -0.528. The Morgan fingerprint density at radius 1 is 1.19 bits per heavy atom. The molecule has 144 valence electrons. The van der Waals surface area contributed by atoms with Crippen LogP contribution >= 0.6 is 11.8 Å². The lowest BCUT2D eigenvalue weighted by Gasteiger charge is -2.15. The first-order valence-corrected chi connectivity index (χ1v) is 9.16. The third-order valence-corrected chi connectivity index (χ3v) is 4.84. The van der Waals surface area contributed by atoms with Crippen molar-refractivity contribution in [3.05, 3.63) is 55.6 Å². The van der Waals surface area contributed by atoms with Crippen molar-refractivity contribution in [1.82, 2.24) is 0 Å². The number of unbranched alkanes of at least 4 members (excludes halogenated alkanes) is 1. The van der Waals surface area contributed by atoms with Crippen molar-refractivity contribution < 1.29 is 24.6 Å². The number of hydrogen-bond acceptors (Lipinski definition) is 8. The lowest BCUT2D eigenvalue weighted by Crippen LogP contribution is -2.27. The zero-order valence-corrected chi connectivity index (χ0v) is 15.5. The molecule has 26 heavy (non-hydrogen) atoms. The standard InChI is InChI=1S/C16H22N2O7S/c1-3-4-5-13-6-8-14(9-7-13)12(2)16(19)26-11-15(25-18(22)23)10-24-17(20)21/h6-9,12,15H,3-5,10-11H2,1-2H3. The molecular formula is C16H22N2O7S. The van der Waals surface area contributed by atoms with E-state index in [4.69, 9.17) is 0 Å². The Labute approximate surface area is 155 Å². The Bertz CT molecular complexity index is 609. The molecule has 0 heterocycles. The first-order chi connectivity index (χ1) is 12.3. The maximum absolute atomic E-state index is 12.3. The SMILES string of the molecule is CCCCc1ccc(C(C)C(=O)SCC(CO[N+](=O)[O-])O[N+](=O)[O-])cc1. The van der Waals surface area contributed by atoms with E-state index in [0.29, 0.717) is 0 Å². The fourth-order valence-corrected chi connectivity index (χ4v) is 3.06. The second-order valence-electron chi connectivity index (χ2n) is 5.67. The van der Waals surface area contributed by atoms with Crippen molar-refractivity contribution in [3.8, 4) is 0 Å². The predicted molar refractivity (Wildman–Crippen MR) is 95.7 cm³/mol. The topological polar surface area (TPSA) is 122 Å². The van der Waals surface area contributed by atoms with Crippen LogP contribution in [0.3, 0.4) is 0 Å². The zero-order valence-electron chi connectivity index (χ0n) is 14.7. The average Bonchev–Trinajstić information content (AvgIpc) is 2.61. The monoisotopic (exact) mass is 386 g/mol. The molecule has 1 aromatic carbocycles. The summed E-state index contributed by atoms with van der Waals surface area (Å²) in [4.78, 5) is 41.3. The maximum Gasteiger partial charge on any atom is 0.294 e. The van der Waals surface area contributed by atoms with E-state index in [0.717, 1.165) is 36.6 Å². The molecule has 0 spiro atoms. The van der Waals surface area contributed by atoms with Gasteiger partial charge in [0.15, 0.2) is 5.12 Å². The molecule has 1 aromatic rings. The molecule has 0 aliphatic heterocycles. The van der Waals surface area contributed by atoms with Gasteiger partial charge in [0.1, 0.15) is 12.7 Å². The molecule has 0 amide bonds. The van der Waals surface area contributed by atoms with Crippen molar-refractivity contribution in [2.24, 2.45) is 0 Å². The minimum Gasteiger partial charge on any atom is -0.312 e. The molecule has 1 rings (SSSR count). The molecule has 0 N–H and O–H groups in total. The van der Waals surface area contributed by atoms with Gasteiger partial charge in [-0.1, -0.05) is 56.3 Å². The zero-order chi connectivity index (χ0) is 19.5. The molecule has 2 atom stereocenters. The highest BCUT2D eigenvalue weighted by molar-refractivity contribution is 8.13. The van der Waals surface area contributed by atoms with Crippen LogP contribution in [0, 0.1) is 20.2 Å². The first kappa shape index (κ1) is 21.7. The van der Waals surface area contributed by atoms with E-state index in [-0.39, 0.29) is 10.9 Å². The Hall–Kier alpha value is -2.36. The Balaban J connectivity index is 2.57. The van der Waals surface area contributed by atoms with Gasteiger partial charge in [0.2, 0.25) is 0 Å². The Kier molecular flexibility index (Phi) is 9.42. The van der Waals surface area contributed by atoms with Gasteiger partial charge in [-0.3, -0.25) is 4.79 Å².